The zero-order chi connectivity index (χ0) is 26.6. The zero-order valence-corrected chi connectivity index (χ0v) is 21.2. The predicted molar refractivity (Wildman–Crippen MR) is 146 cm³/mol. The topological polar surface area (TPSA) is 104 Å². The van der Waals surface area contributed by atoms with Crippen LogP contribution in [0.5, 0.6) is 11.5 Å². The molecule has 0 atom stereocenters. The van der Waals surface area contributed by atoms with Crippen LogP contribution in [0.15, 0.2) is 66.7 Å². The number of carbonyl (C=O) groups excluding carboxylic acids is 1. The Morgan fingerprint density at radius 2 is 1.68 bits per heavy atom. The van der Waals surface area contributed by atoms with E-state index in [1.54, 1.807) is 16.7 Å². The summed E-state index contributed by atoms with van der Waals surface area (Å²) in [6.45, 7) is 5.25. The highest BCUT2D eigenvalue weighted by Gasteiger charge is 2.25. The highest BCUT2D eigenvalue weighted by molar-refractivity contribution is 6.11. The van der Waals surface area contributed by atoms with E-state index in [9.17, 15) is 9.18 Å². The Labute approximate surface area is 219 Å². The van der Waals surface area contributed by atoms with Crippen LogP contribution in [0.2, 0.25) is 0 Å². The van der Waals surface area contributed by atoms with Crippen molar-refractivity contribution in [1.29, 1.82) is 0 Å². The van der Waals surface area contributed by atoms with Gasteiger partial charge >= 0.3 is 0 Å². The van der Waals surface area contributed by atoms with Gasteiger partial charge in [-0.15, -0.1) is 0 Å². The third kappa shape index (κ3) is 4.82. The molecule has 8 nitrogen and oxygen atoms in total. The Balaban J connectivity index is 1.47. The van der Waals surface area contributed by atoms with E-state index in [4.69, 9.17) is 25.2 Å². The number of aromatic nitrogens is 3. The van der Waals surface area contributed by atoms with E-state index in [2.05, 4.69) is 5.32 Å². The number of benzene rings is 3. The number of hydrogen-bond acceptors (Lipinski definition) is 6. The molecular formula is C29H28FN5O3. The first-order valence-corrected chi connectivity index (χ1v) is 12.5. The molecule has 0 spiro atoms. The van der Waals surface area contributed by atoms with Gasteiger partial charge in [-0.25, -0.2) is 14.4 Å². The Hall–Kier alpha value is -4.66. The van der Waals surface area contributed by atoms with Crippen LogP contribution in [0.1, 0.15) is 29.8 Å². The number of nitrogen functional groups attached to an aromatic ring is 1. The Kier molecular flexibility index (Phi) is 7.08. The maximum Gasteiger partial charge on any atom is 0.257 e. The summed E-state index contributed by atoms with van der Waals surface area (Å²) in [4.78, 5) is 22.9. The molecular weight excluding hydrogens is 485 g/mol. The molecule has 0 aliphatic carbocycles. The molecule has 0 aliphatic rings. The molecule has 0 fully saturated rings. The SMILES string of the molecule is CCOc1ccc(CCNC(=O)c2c(N)n(-c3cccc(F)c3)c3nc4ccccc4nc23)cc1OCC. The van der Waals surface area contributed by atoms with Crippen molar-refractivity contribution in [3.63, 3.8) is 0 Å². The molecule has 1 amide bonds. The van der Waals surface area contributed by atoms with Crippen molar-refractivity contribution >= 4 is 33.9 Å². The molecule has 38 heavy (non-hydrogen) atoms. The molecule has 0 saturated heterocycles. The average molecular weight is 514 g/mol. The monoisotopic (exact) mass is 513 g/mol. The van der Waals surface area contributed by atoms with Crippen LogP contribution < -0.4 is 20.5 Å². The molecule has 194 valence electrons. The summed E-state index contributed by atoms with van der Waals surface area (Å²) < 4.78 is 27.0. The lowest BCUT2D eigenvalue weighted by Gasteiger charge is -2.12. The number of para-hydroxylation sites is 2. The molecule has 2 heterocycles. The molecule has 0 radical (unpaired) electrons. The van der Waals surface area contributed by atoms with Gasteiger partial charge in [0.15, 0.2) is 17.1 Å². The van der Waals surface area contributed by atoms with Gasteiger partial charge in [0.05, 0.1) is 29.9 Å². The third-order valence-corrected chi connectivity index (χ3v) is 6.10. The van der Waals surface area contributed by atoms with Crippen LogP contribution in [-0.4, -0.2) is 40.2 Å². The summed E-state index contributed by atoms with van der Waals surface area (Å²) in [5.41, 5.74) is 10.1. The molecule has 0 saturated carbocycles. The minimum atomic E-state index is -0.426. The molecule has 3 aromatic carbocycles. The van der Waals surface area contributed by atoms with Gasteiger partial charge in [-0.05, 0) is 68.3 Å². The number of anilines is 1. The maximum absolute atomic E-state index is 14.1. The lowest BCUT2D eigenvalue weighted by atomic mass is 10.1. The number of halogens is 1. The molecule has 0 bridgehead atoms. The molecule has 5 rings (SSSR count). The minimum absolute atomic E-state index is 0.137. The van der Waals surface area contributed by atoms with E-state index >= 15 is 0 Å². The van der Waals surface area contributed by atoms with Crippen LogP contribution >= 0.6 is 0 Å². The fraction of sp³-hybridized carbons (Fsp3) is 0.207. The summed E-state index contributed by atoms with van der Waals surface area (Å²) in [5, 5.41) is 2.95. The number of ether oxygens (including phenoxy) is 2. The van der Waals surface area contributed by atoms with Gasteiger partial charge < -0.3 is 20.5 Å². The van der Waals surface area contributed by atoms with Gasteiger partial charge in [0.1, 0.15) is 22.7 Å². The standard InChI is InChI=1S/C29H28FN5O3/c1-3-37-23-13-12-18(16-24(23)38-4-2)14-15-32-29(36)25-26-28(34-22-11-6-5-10-21(22)33-26)35(27(25)31)20-9-7-8-19(30)17-20/h5-13,16-17H,3-4,14-15,31H2,1-2H3,(H,32,36). The second kappa shape index (κ2) is 10.8. The van der Waals surface area contributed by atoms with Crippen LogP contribution in [0, 0.1) is 5.82 Å². The van der Waals surface area contributed by atoms with Crippen molar-refractivity contribution in [2.24, 2.45) is 0 Å². The normalized spacial score (nSPS) is 11.1. The Bertz CT molecular complexity index is 1630. The lowest BCUT2D eigenvalue weighted by molar-refractivity contribution is 0.0956. The van der Waals surface area contributed by atoms with Crippen LogP contribution in [0.4, 0.5) is 10.2 Å². The number of fused-ring (bicyclic) bond motifs is 2. The fourth-order valence-corrected chi connectivity index (χ4v) is 4.42. The maximum atomic E-state index is 14.1. The van der Waals surface area contributed by atoms with Crippen molar-refractivity contribution in [3.8, 4) is 17.2 Å². The van der Waals surface area contributed by atoms with Gasteiger partial charge in [0.2, 0.25) is 0 Å². The summed E-state index contributed by atoms with van der Waals surface area (Å²) in [6, 6.07) is 19.1. The molecule has 5 aromatic rings. The van der Waals surface area contributed by atoms with Crippen molar-refractivity contribution < 1.29 is 18.7 Å². The smallest absolute Gasteiger partial charge is 0.257 e. The Morgan fingerprint density at radius 3 is 2.42 bits per heavy atom. The summed E-state index contributed by atoms with van der Waals surface area (Å²) in [5.74, 6) is 0.681. The van der Waals surface area contributed by atoms with Crippen molar-refractivity contribution in [2.45, 2.75) is 20.3 Å². The van der Waals surface area contributed by atoms with E-state index < -0.39 is 5.82 Å². The average Bonchev–Trinajstić information content (AvgIpc) is 3.19. The van der Waals surface area contributed by atoms with Gasteiger partial charge in [-0.1, -0.05) is 24.3 Å². The first kappa shape index (κ1) is 25.0. The van der Waals surface area contributed by atoms with E-state index in [-0.39, 0.29) is 17.3 Å². The number of nitrogens with zero attached hydrogens (tertiary/aromatic N) is 3. The third-order valence-electron chi connectivity index (χ3n) is 6.10. The largest absolute Gasteiger partial charge is 0.490 e. The molecule has 3 N–H and O–H groups in total. The molecule has 9 heteroatoms. The number of hydrogen-bond donors (Lipinski definition) is 2. The van der Waals surface area contributed by atoms with E-state index in [1.165, 1.54) is 12.1 Å². The molecule has 2 aromatic heterocycles. The number of amides is 1. The van der Waals surface area contributed by atoms with Crippen LogP contribution in [0.3, 0.4) is 0 Å². The van der Waals surface area contributed by atoms with Crippen molar-refractivity contribution in [3.05, 3.63) is 83.7 Å². The number of nitrogens with two attached hydrogens (primary N) is 1. The number of rotatable bonds is 9. The minimum Gasteiger partial charge on any atom is -0.490 e. The first-order valence-electron chi connectivity index (χ1n) is 12.5. The second-order valence-electron chi connectivity index (χ2n) is 8.61. The highest BCUT2D eigenvalue weighted by Crippen LogP contribution is 2.31. The number of carbonyl (C=O) groups is 1. The predicted octanol–water partition coefficient (Wildman–Crippen LogP) is 5.06. The first-order chi connectivity index (χ1) is 18.5. The van der Waals surface area contributed by atoms with E-state index in [1.807, 2.05) is 56.3 Å². The highest BCUT2D eigenvalue weighted by atomic mass is 19.1. The molecule has 0 aliphatic heterocycles. The fourth-order valence-electron chi connectivity index (χ4n) is 4.42. The van der Waals surface area contributed by atoms with Gasteiger partial charge in [0, 0.05) is 6.54 Å². The van der Waals surface area contributed by atoms with Crippen molar-refractivity contribution in [1.82, 2.24) is 19.9 Å². The number of nitrogens with one attached hydrogen (secondary N) is 1. The van der Waals surface area contributed by atoms with Crippen LogP contribution in [-0.2, 0) is 6.42 Å². The van der Waals surface area contributed by atoms with E-state index in [0.717, 1.165) is 5.56 Å². The lowest BCUT2D eigenvalue weighted by Crippen LogP contribution is -2.26. The Morgan fingerprint density at radius 1 is 0.947 bits per heavy atom. The van der Waals surface area contributed by atoms with E-state index in [0.29, 0.717) is 65.6 Å². The van der Waals surface area contributed by atoms with Gasteiger partial charge in [0.25, 0.3) is 5.91 Å². The quantitative estimate of drug-likeness (QED) is 0.285. The summed E-state index contributed by atoms with van der Waals surface area (Å²) in [7, 11) is 0. The summed E-state index contributed by atoms with van der Waals surface area (Å²) in [6.07, 6.45) is 0.565. The zero-order valence-electron chi connectivity index (χ0n) is 21.2. The van der Waals surface area contributed by atoms with Crippen molar-refractivity contribution in [2.75, 3.05) is 25.5 Å². The second-order valence-corrected chi connectivity index (χ2v) is 8.61. The van der Waals surface area contributed by atoms with Gasteiger partial charge in [-0.2, -0.15) is 0 Å². The summed E-state index contributed by atoms with van der Waals surface area (Å²) >= 11 is 0. The molecule has 0 unspecified atom stereocenters. The van der Waals surface area contributed by atoms with Crippen LogP contribution in [0.25, 0.3) is 27.9 Å². The van der Waals surface area contributed by atoms with Gasteiger partial charge in [-0.3, -0.25) is 9.36 Å².